The molecule has 1 aliphatic rings. The van der Waals surface area contributed by atoms with E-state index in [0.29, 0.717) is 31.0 Å². The summed E-state index contributed by atoms with van der Waals surface area (Å²) < 4.78 is 27.2. The smallest absolute Gasteiger partial charge is 0.261 e. The molecule has 1 saturated heterocycles. The van der Waals surface area contributed by atoms with Gasteiger partial charge in [0.05, 0.1) is 30.3 Å². The first-order valence-corrected chi connectivity index (χ1v) is 10.8. The summed E-state index contributed by atoms with van der Waals surface area (Å²) in [4.78, 5) is 22.5. The number of imidazole rings is 1. The molecule has 7 nitrogen and oxygen atoms in total. The predicted molar refractivity (Wildman–Crippen MR) is 120 cm³/mol. The number of pyridine rings is 1. The Morgan fingerprint density at radius 2 is 2.12 bits per heavy atom. The summed E-state index contributed by atoms with van der Waals surface area (Å²) in [6.07, 6.45) is 3.62. The van der Waals surface area contributed by atoms with Gasteiger partial charge in [0.25, 0.3) is 5.92 Å². The molecule has 0 spiro atoms. The van der Waals surface area contributed by atoms with E-state index in [1.54, 1.807) is 6.33 Å². The second kappa shape index (κ2) is 8.05. The molecule has 3 aromatic heterocycles. The van der Waals surface area contributed by atoms with Gasteiger partial charge < -0.3 is 10.3 Å². The number of aromatic nitrogens is 5. The number of aryl methyl sites for hydroxylation is 1. The Morgan fingerprint density at radius 3 is 2.94 bits per heavy atom. The van der Waals surface area contributed by atoms with Crippen molar-refractivity contribution in [2.75, 3.05) is 25.0 Å². The third-order valence-electron chi connectivity index (χ3n) is 6.09. The summed E-state index contributed by atoms with van der Waals surface area (Å²) in [7, 11) is 0. The molecule has 9 heteroatoms. The van der Waals surface area contributed by atoms with Crippen molar-refractivity contribution >= 4 is 27.8 Å². The molecule has 0 saturated carbocycles. The Labute approximate surface area is 184 Å². The van der Waals surface area contributed by atoms with Gasteiger partial charge in [0.1, 0.15) is 11.8 Å². The lowest BCUT2D eigenvalue weighted by Crippen LogP contribution is -2.27. The minimum atomic E-state index is -2.58. The van der Waals surface area contributed by atoms with Crippen LogP contribution in [-0.2, 0) is 6.42 Å². The molecule has 1 fully saturated rings. The Hall–Kier alpha value is -3.20. The number of nitrogens with zero attached hydrogens (tertiary/aromatic N) is 5. The number of likely N-dealkylation sites (tertiary alicyclic amines) is 1. The molecule has 4 aromatic rings. The van der Waals surface area contributed by atoms with Crippen molar-refractivity contribution in [2.24, 2.45) is 0 Å². The average Bonchev–Trinajstić information content (AvgIpc) is 3.38. The number of hydrogen-bond donors (Lipinski definition) is 2. The molecule has 0 unspecified atom stereocenters. The van der Waals surface area contributed by atoms with E-state index in [9.17, 15) is 8.78 Å². The van der Waals surface area contributed by atoms with E-state index in [-0.39, 0.29) is 19.0 Å². The number of benzene rings is 1. The third-order valence-corrected chi connectivity index (χ3v) is 6.09. The summed E-state index contributed by atoms with van der Waals surface area (Å²) in [6, 6.07) is 8.12. The number of hydrogen-bond acceptors (Lipinski definition) is 6. The first kappa shape index (κ1) is 20.7. The monoisotopic (exact) mass is 437 g/mol. The van der Waals surface area contributed by atoms with Gasteiger partial charge in [0.15, 0.2) is 11.5 Å². The van der Waals surface area contributed by atoms with Crippen molar-refractivity contribution in [3.8, 4) is 0 Å². The Kier molecular flexibility index (Phi) is 5.21. The summed E-state index contributed by atoms with van der Waals surface area (Å²) >= 11 is 0. The highest BCUT2D eigenvalue weighted by molar-refractivity contribution is 5.88. The van der Waals surface area contributed by atoms with Gasteiger partial charge in [-0.1, -0.05) is 18.2 Å². The molecule has 166 valence electrons. The van der Waals surface area contributed by atoms with Crippen molar-refractivity contribution in [1.82, 2.24) is 29.8 Å². The zero-order valence-corrected chi connectivity index (χ0v) is 18.1. The molecular weight excluding hydrogens is 412 g/mol. The molecule has 5 rings (SSSR count). The molecule has 32 heavy (non-hydrogen) atoms. The van der Waals surface area contributed by atoms with Crippen molar-refractivity contribution in [3.05, 3.63) is 53.9 Å². The van der Waals surface area contributed by atoms with Gasteiger partial charge in [-0.05, 0) is 30.9 Å². The normalized spacial score (nSPS) is 17.2. The van der Waals surface area contributed by atoms with Crippen LogP contribution in [0.2, 0.25) is 0 Å². The largest absolute Gasteiger partial charge is 0.360 e. The summed E-state index contributed by atoms with van der Waals surface area (Å²) in [5.74, 6) is -1.92. The molecule has 0 amide bonds. The quantitative estimate of drug-likeness (QED) is 0.469. The SMILES string of the molecule is Cc1cccc2cc([C@H](C)Nc3ncnc4nc[nH]c34)nc(CCN3CCC(F)(F)C3)c12. The number of halogens is 2. The summed E-state index contributed by atoms with van der Waals surface area (Å²) in [5, 5.41) is 5.61. The van der Waals surface area contributed by atoms with E-state index in [2.05, 4.69) is 50.4 Å². The van der Waals surface area contributed by atoms with Crippen LogP contribution in [-0.4, -0.2) is 55.4 Å². The molecule has 1 aromatic carbocycles. The number of aromatic amines is 1. The first-order chi connectivity index (χ1) is 15.4. The zero-order valence-electron chi connectivity index (χ0n) is 18.1. The molecule has 0 aliphatic carbocycles. The van der Waals surface area contributed by atoms with Crippen molar-refractivity contribution in [1.29, 1.82) is 0 Å². The van der Waals surface area contributed by atoms with E-state index in [0.717, 1.165) is 33.2 Å². The van der Waals surface area contributed by atoms with Crippen molar-refractivity contribution < 1.29 is 8.78 Å². The molecule has 0 bridgehead atoms. The van der Waals surface area contributed by atoms with E-state index in [1.807, 2.05) is 17.9 Å². The number of fused-ring (bicyclic) bond motifs is 2. The van der Waals surface area contributed by atoms with Crippen LogP contribution in [0.4, 0.5) is 14.6 Å². The molecular formula is C23H25F2N7. The fraction of sp³-hybridized carbons (Fsp3) is 0.391. The maximum absolute atomic E-state index is 13.6. The van der Waals surface area contributed by atoms with Crippen molar-refractivity contribution in [2.45, 2.75) is 38.7 Å². The zero-order chi connectivity index (χ0) is 22.3. The van der Waals surface area contributed by atoms with Gasteiger partial charge >= 0.3 is 0 Å². The van der Waals surface area contributed by atoms with E-state index >= 15 is 0 Å². The Bertz CT molecular complexity index is 1270. The van der Waals surface area contributed by atoms with Gasteiger partial charge in [-0.25, -0.2) is 23.7 Å². The van der Waals surface area contributed by atoms with E-state index in [4.69, 9.17) is 4.98 Å². The van der Waals surface area contributed by atoms with E-state index < -0.39 is 5.92 Å². The highest BCUT2D eigenvalue weighted by Gasteiger charge is 2.37. The number of nitrogens with one attached hydrogen (secondary N) is 2. The number of H-pyrrole nitrogens is 1. The van der Waals surface area contributed by atoms with Gasteiger partial charge in [-0.2, -0.15) is 0 Å². The second-order valence-corrected chi connectivity index (χ2v) is 8.49. The highest BCUT2D eigenvalue weighted by atomic mass is 19.3. The van der Waals surface area contributed by atoms with Crippen LogP contribution in [0.3, 0.4) is 0 Å². The lowest BCUT2D eigenvalue weighted by atomic mass is 10.0. The molecule has 4 heterocycles. The van der Waals surface area contributed by atoms with Crippen LogP contribution in [0.15, 0.2) is 36.9 Å². The lowest BCUT2D eigenvalue weighted by Gasteiger charge is -2.19. The maximum atomic E-state index is 13.6. The molecule has 1 atom stereocenters. The van der Waals surface area contributed by atoms with Crippen LogP contribution in [0.5, 0.6) is 0 Å². The van der Waals surface area contributed by atoms with Gasteiger partial charge in [-0.3, -0.25) is 9.88 Å². The van der Waals surface area contributed by atoms with Crippen LogP contribution in [0.25, 0.3) is 21.9 Å². The first-order valence-electron chi connectivity index (χ1n) is 10.8. The Balaban J connectivity index is 1.45. The summed E-state index contributed by atoms with van der Waals surface area (Å²) in [5.41, 5.74) is 4.29. The molecule has 1 aliphatic heterocycles. The lowest BCUT2D eigenvalue weighted by molar-refractivity contribution is 0.0123. The maximum Gasteiger partial charge on any atom is 0.261 e. The van der Waals surface area contributed by atoms with Gasteiger partial charge in [0.2, 0.25) is 0 Å². The minimum Gasteiger partial charge on any atom is -0.360 e. The van der Waals surface area contributed by atoms with Crippen LogP contribution in [0, 0.1) is 6.92 Å². The van der Waals surface area contributed by atoms with Gasteiger partial charge in [0, 0.05) is 31.3 Å². The number of anilines is 1. The van der Waals surface area contributed by atoms with E-state index in [1.165, 1.54) is 6.33 Å². The molecule has 0 radical (unpaired) electrons. The highest BCUT2D eigenvalue weighted by Crippen LogP contribution is 2.29. The number of alkyl halides is 2. The van der Waals surface area contributed by atoms with Crippen LogP contribution >= 0.6 is 0 Å². The third kappa shape index (κ3) is 4.00. The fourth-order valence-corrected chi connectivity index (χ4v) is 4.43. The Morgan fingerprint density at radius 1 is 1.25 bits per heavy atom. The fourth-order valence-electron chi connectivity index (χ4n) is 4.43. The summed E-state index contributed by atoms with van der Waals surface area (Å²) in [6.45, 7) is 4.91. The topological polar surface area (TPSA) is 82.6 Å². The standard InChI is InChI=1S/C23H25F2N7/c1-14-4-3-5-16-10-18(15(2)30-22-20-21(27-12-26-20)28-13-29-22)31-17(19(14)16)6-8-32-9-7-23(24,25)11-32/h3-5,10,12-13,15H,6-9,11H2,1-2H3,(H2,26,27,28,29,30)/t15-/m0/s1. The van der Waals surface area contributed by atoms with Crippen molar-refractivity contribution in [3.63, 3.8) is 0 Å². The minimum absolute atomic E-state index is 0.0673. The second-order valence-electron chi connectivity index (χ2n) is 8.49. The average molecular weight is 437 g/mol. The van der Waals surface area contributed by atoms with Crippen LogP contribution in [0.1, 0.15) is 36.3 Å². The molecule has 2 N–H and O–H groups in total. The van der Waals surface area contributed by atoms with Gasteiger partial charge in [-0.15, -0.1) is 0 Å². The predicted octanol–water partition coefficient (Wildman–Crippen LogP) is 4.27. The van der Waals surface area contributed by atoms with Crippen LogP contribution < -0.4 is 5.32 Å². The number of rotatable bonds is 6.